The summed E-state index contributed by atoms with van der Waals surface area (Å²) in [7, 11) is -2.25. The summed E-state index contributed by atoms with van der Waals surface area (Å²) in [6.07, 6.45) is 3.35. The van der Waals surface area contributed by atoms with E-state index in [1.54, 1.807) is 31.5 Å². The minimum atomic E-state index is -3.82. The van der Waals surface area contributed by atoms with E-state index in [1.165, 1.54) is 10.5 Å². The number of methoxy groups -OCH3 is 1. The number of benzene rings is 1. The van der Waals surface area contributed by atoms with Crippen LogP contribution in [0.2, 0.25) is 0 Å². The van der Waals surface area contributed by atoms with Gasteiger partial charge >= 0.3 is 0 Å². The number of anilines is 1. The maximum atomic E-state index is 13.5. The topological polar surface area (TPSA) is 95.3 Å². The van der Waals surface area contributed by atoms with Gasteiger partial charge in [0.15, 0.2) is 6.23 Å². The van der Waals surface area contributed by atoms with E-state index >= 15 is 0 Å². The lowest BCUT2D eigenvalue weighted by Gasteiger charge is -2.28. The lowest BCUT2D eigenvalue weighted by molar-refractivity contribution is 0.0843. The molecule has 7 nitrogen and oxygen atoms in total. The number of hydrogen-bond acceptors (Lipinski definition) is 6. The molecule has 0 aliphatic carbocycles. The van der Waals surface area contributed by atoms with Crippen molar-refractivity contribution in [1.82, 2.24) is 10.3 Å². The van der Waals surface area contributed by atoms with Gasteiger partial charge in [-0.2, -0.15) is 5.26 Å². The fraction of sp³-hybridized carbons (Fsp3) is 0.263. The molecule has 2 aliphatic rings. The van der Waals surface area contributed by atoms with Crippen LogP contribution in [0.15, 0.2) is 41.6 Å². The zero-order chi connectivity index (χ0) is 19.2. The van der Waals surface area contributed by atoms with Crippen LogP contribution in [0.25, 0.3) is 5.57 Å². The first-order valence-corrected chi connectivity index (χ1v) is 9.92. The van der Waals surface area contributed by atoms with Gasteiger partial charge in [-0.3, -0.25) is 9.29 Å². The summed E-state index contributed by atoms with van der Waals surface area (Å²) in [5, 5.41) is 12.3. The molecule has 2 aliphatic heterocycles. The number of allylic oxidation sites excluding steroid dienone is 1. The molecule has 3 heterocycles. The van der Waals surface area contributed by atoms with Gasteiger partial charge in [0.25, 0.3) is 10.0 Å². The second-order valence-electron chi connectivity index (χ2n) is 6.46. The number of nitrogens with zero attached hydrogens (tertiary/aromatic N) is 3. The molecule has 1 aromatic carbocycles. The van der Waals surface area contributed by atoms with Gasteiger partial charge < -0.3 is 10.1 Å². The fourth-order valence-electron chi connectivity index (χ4n) is 3.61. The predicted molar refractivity (Wildman–Crippen MR) is 100 cm³/mol. The van der Waals surface area contributed by atoms with E-state index in [2.05, 4.69) is 10.3 Å². The standard InChI is InChI=1S/C19H18N4O3S/c1-12-10-22-19(26-2)14-4-3-5-17(18(12)14)27(24,25)23-7-6-15-16(23)8-13(9-20)11-21-15/h3-5,8,10-11,19,22H,6-7H2,1-2H3. The van der Waals surface area contributed by atoms with Crippen molar-refractivity contribution >= 4 is 21.3 Å². The summed E-state index contributed by atoms with van der Waals surface area (Å²) < 4.78 is 33.9. The Kier molecular flexibility index (Phi) is 4.13. The normalized spacial score (nSPS) is 18.2. The third-order valence-electron chi connectivity index (χ3n) is 4.89. The van der Waals surface area contributed by atoms with Gasteiger partial charge in [-0.25, -0.2) is 8.42 Å². The van der Waals surface area contributed by atoms with Crippen molar-refractivity contribution in [2.24, 2.45) is 0 Å². The first-order chi connectivity index (χ1) is 13.0. The maximum Gasteiger partial charge on any atom is 0.265 e. The monoisotopic (exact) mass is 382 g/mol. The lowest BCUT2D eigenvalue weighted by atomic mass is 9.97. The van der Waals surface area contributed by atoms with Crippen LogP contribution in [-0.2, 0) is 21.2 Å². The number of sulfonamides is 1. The summed E-state index contributed by atoms with van der Waals surface area (Å²) in [4.78, 5) is 4.47. The third-order valence-corrected chi connectivity index (χ3v) is 6.74. The summed E-state index contributed by atoms with van der Waals surface area (Å²) in [6.45, 7) is 2.17. The Hall–Kier alpha value is -2.89. The van der Waals surface area contributed by atoms with Gasteiger partial charge in [-0.15, -0.1) is 0 Å². The second kappa shape index (κ2) is 6.37. The van der Waals surface area contributed by atoms with Crippen molar-refractivity contribution in [2.75, 3.05) is 18.0 Å². The van der Waals surface area contributed by atoms with Crippen LogP contribution in [0.1, 0.15) is 35.5 Å². The molecule has 1 aromatic heterocycles. The minimum absolute atomic E-state index is 0.229. The number of rotatable bonds is 3. The Bertz CT molecular complexity index is 1100. The van der Waals surface area contributed by atoms with Crippen LogP contribution in [0, 0.1) is 11.3 Å². The number of nitrogens with one attached hydrogen (secondary N) is 1. The smallest absolute Gasteiger partial charge is 0.265 e. The average Bonchev–Trinajstić information content (AvgIpc) is 3.11. The molecule has 0 saturated carbocycles. The van der Waals surface area contributed by atoms with Gasteiger partial charge in [0.05, 0.1) is 21.8 Å². The zero-order valence-electron chi connectivity index (χ0n) is 14.9. The molecular formula is C19H18N4O3S. The van der Waals surface area contributed by atoms with Crippen molar-refractivity contribution in [1.29, 1.82) is 5.26 Å². The van der Waals surface area contributed by atoms with Gasteiger partial charge in [0, 0.05) is 43.6 Å². The van der Waals surface area contributed by atoms with Crippen LogP contribution >= 0.6 is 0 Å². The SMILES string of the molecule is COC1NC=C(C)c2c1cccc2S(=O)(=O)N1CCc2ncc(C#N)cc21. The highest BCUT2D eigenvalue weighted by atomic mass is 32.2. The van der Waals surface area contributed by atoms with Crippen LogP contribution in [0.3, 0.4) is 0 Å². The summed E-state index contributed by atoms with van der Waals surface area (Å²) >= 11 is 0. The predicted octanol–water partition coefficient (Wildman–Crippen LogP) is 2.31. The molecule has 0 fully saturated rings. The summed E-state index contributed by atoms with van der Waals surface area (Å²) in [5.41, 5.74) is 3.76. The number of pyridine rings is 1. The van der Waals surface area contributed by atoms with Gasteiger partial charge in [0.2, 0.25) is 0 Å². The first kappa shape index (κ1) is 17.5. The van der Waals surface area contributed by atoms with E-state index in [0.717, 1.165) is 11.1 Å². The van der Waals surface area contributed by atoms with Crippen LogP contribution in [-0.4, -0.2) is 27.1 Å². The highest BCUT2D eigenvalue weighted by molar-refractivity contribution is 7.93. The number of aromatic nitrogens is 1. The molecule has 0 saturated heterocycles. The van der Waals surface area contributed by atoms with Crippen molar-refractivity contribution < 1.29 is 13.2 Å². The maximum absolute atomic E-state index is 13.5. The number of ether oxygens (including phenoxy) is 1. The molecule has 27 heavy (non-hydrogen) atoms. The minimum Gasteiger partial charge on any atom is -0.362 e. The Labute approximate surface area is 158 Å². The van der Waals surface area contributed by atoms with Gasteiger partial charge in [-0.05, 0) is 24.6 Å². The quantitative estimate of drug-likeness (QED) is 0.875. The second-order valence-corrected chi connectivity index (χ2v) is 8.29. The van der Waals surface area contributed by atoms with E-state index in [1.807, 2.05) is 19.1 Å². The fourth-order valence-corrected chi connectivity index (χ4v) is 5.38. The van der Waals surface area contributed by atoms with E-state index in [9.17, 15) is 8.42 Å². The Morgan fingerprint density at radius 1 is 1.41 bits per heavy atom. The molecule has 0 spiro atoms. The van der Waals surface area contributed by atoms with Gasteiger partial charge in [0.1, 0.15) is 6.07 Å². The van der Waals surface area contributed by atoms with Crippen LogP contribution < -0.4 is 9.62 Å². The molecule has 8 heteroatoms. The van der Waals surface area contributed by atoms with E-state index in [-0.39, 0.29) is 4.90 Å². The Balaban J connectivity index is 1.87. The highest BCUT2D eigenvalue weighted by Gasteiger charge is 2.35. The molecule has 1 atom stereocenters. The van der Waals surface area contributed by atoms with Crippen molar-refractivity contribution in [2.45, 2.75) is 24.5 Å². The zero-order valence-corrected chi connectivity index (χ0v) is 15.7. The molecule has 1 N–H and O–H groups in total. The summed E-state index contributed by atoms with van der Waals surface area (Å²) in [6, 6.07) is 8.80. The molecule has 1 unspecified atom stereocenters. The first-order valence-electron chi connectivity index (χ1n) is 8.48. The van der Waals surface area contributed by atoms with Crippen molar-refractivity contribution in [3.05, 3.63) is 59.0 Å². The average molecular weight is 382 g/mol. The van der Waals surface area contributed by atoms with E-state index < -0.39 is 16.3 Å². The molecule has 4 rings (SSSR count). The molecule has 2 aromatic rings. The Morgan fingerprint density at radius 3 is 2.96 bits per heavy atom. The van der Waals surface area contributed by atoms with E-state index in [4.69, 9.17) is 10.00 Å². The van der Waals surface area contributed by atoms with Crippen LogP contribution in [0.4, 0.5) is 5.69 Å². The molecule has 0 radical (unpaired) electrons. The number of fused-ring (bicyclic) bond motifs is 2. The molecule has 138 valence electrons. The lowest BCUT2D eigenvalue weighted by Crippen LogP contribution is -2.31. The number of hydrogen-bond donors (Lipinski definition) is 1. The Morgan fingerprint density at radius 2 is 2.22 bits per heavy atom. The number of nitriles is 1. The third kappa shape index (κ3) is 2.67. The van der Waals surface area contributed by atoms with Crippen molar-refractivity contribution in [3.63, 3.8) is 0 Å². The largest absolute Gasteiger partial charge is 0.362 e. The summed E-state index contributed by atoms with van der Waals surface area (Å²) in [5.74, 6) is 0. The van der Waals surface area contributed by atoms with E-state index in [0.29, 0.717) is 35.5 Å². The molecule has 0 bridgehead atoms. The van der Waals surface area contributed by atoms with Gasteiger partial charge in [-0.1, -0.05) is 12.1 Å². The highest BCUT2D eigenvalue weighted by Crippen LogP contribution is 2.38. The molecule has 0 amide bonds. The van der Waals surface area contributed by atoms with Crippen LogP contribution in [0.5, 0.6) is 0 Å². The van der Waals surface area contributed by atoms with Crippen molar-refractivity contribution in [3.8, 4) is 6.07 Å². The molecular weight excluding hydrogens is 364 g/mol.